The minimum atomic E-state index is -0.673. The number of esters is 1. The molecule has 4 rings (SSSR count). The number of nitrogens with two attached hydrogens (primary N) is 1. The highest BCUT2D eigenvalue weighted by Crippen LogP contribution is 2.34. The molecule has 2 aromatic heterocycles. The Labute approximate surface area is 235 Å². The normalized spacial score (nSPS) is 13.6. The Bertz CT molecular complexity index is 1340. The van der Waals surface area contributed by atoms with Gasteiger partial charge < -0.3 is 25.1 Å². The Hall–Kier alpha value is -3.38. The van der Waals surface area contributed by atoms with E-state index in [2.05, 4.69) is 15.5 Å². The van der Waals surface area contributed by atoms with Crippen molar-refractivity contribution >= 4 is 45.9 Å². The van der Waals surface area contributed by atoms with Crippen LogP contribution in [-0.4, -0.2) is 50.5 Å². The largest absolute Gasteiger partial charge is 0.490 e. The van der Waals surface area contributed by atoms with Gasteiger partial charge in [-0.15, -0.1) is 21.5 Å². The molecular formula is C27H33N5O5S2. The smallest absolute Gasteiger partial charge is 0.341 e. The van der Waals surface area contributed by atoms with Crippen molar-refractivity contribution in [2.75, 3.05) is 11.1 Å². The number of benzene rings is 1. The molecule has 2 amide bonds. The first-order valence-electron chi connectivity index (χ1n) is 12.9. The third kappa shape index (κ3) is 6.80. The van der Waals surface area contributed by atoms with Gasteiger partial charge in [0, 0.05) is 12.1 Å². The number of thiophene rings is 1. The average molecular weight is 572 g/mol. The van der Waals surface area contributed by atoms with Crippen LogP contribution in [-0.2, 0) is 16.1 Å². The van der Waals surface area contributed by atoms with E-state index in [1.54, 1.807) is 20.8 Å². The van der Waals surface area contributed by atoms with Gasteiger partial charge in [-0.05, 0) is 83.2 Å². The fourth-order valence-electron chi connectivity index (χ4n) is 4.42. The first-order valence-corrected chi connectivity index (χ1v) is 14.7. The number of anilines is 1. The third-order valence-corrected chi connectivity index (χ3v) is 8.44. The number of carbonyl (C=O) groups is 3. The van der Waals surface area contributed by atoms with Gasteiger partial charge in [0.15, 0.2) is 11.0 Å². The van der Waals surface area contributed by atoms with E-state index in [9.17, 15) is 14.4 Å². The van der Waals surface area contributed by atoms with Crippen LogP contribution in [0.2, 0.25) is 0 Å². The summed E-state index contributed by atoms with van der Waals surface area (Å²) in [6.07, 6.45) is 4.56. The lowest BCUT2D eigenvalue weighted by molar-refractivity contribution is -0.113. The van der Waals surface area contributed by atoms with Gasteiger partial charge >= 0.3 is 5.97 Å². The van der Waals surface area contributed by atoms with E-state index in [-0.39, 0.29) is 33.2 Å². The molecule has 0 atom stereocenters. The van der Waals surface area contributed by atoms with Crippen molar-refractivity contribution in [1.82, 2.24) is 14.8 Å². The Morgan fingerprint density at radius 3 is 2.49 bits per heavy atom. The van der Waals surface area contributed by atoms with Gasteiger partial charge in [-0.2, -0.15) is 0 Å². The van der Waals surface area contributed by atoms with Crippen LogP contribution in [0, 0.1) is 6.92 Å². The maximum absolute atomic E-state index is 12.9. The van der Waals surface area contributed by atoms with Crippen LogP contribution in [0.25, 0.3) is 11.4 Å². The summed E-state index contributed by atoms with van der Waals surface area (Å²) in [6.45, 7) is 7.65. The molecule has 0 bridgehead atoms. The van der Waals surface area contributed by atoms with Crippen molar-refractivity contribution in [3.8, 4) is 17.1 Å². The summed E-state index contributed by atoms with van der Waals surface area (Å²) < 4.78 is 13.3. The van der Waals surface area contributed by atoms with Crippen LogP contribution in [0.1, 0.15) is 72.0 Å². The summed E-state index contributed by atoms with van der Waals surface area (Å²) in [5.74, 6) is -0.0901. The van der Waals surface area contributed by atoms with E-state index in [1.807, 2.05) is 35.8 Å². The van der Waals surface area contributed by atoms with Gasteiger partial charge in [0.05, 0.1) is 28.4 Å². The quantitative estimate of drug-likeness (QED) is 0.241. The summed E-state index contributed by atoms with van der Waals surface area (Å²) in [6, 6.07) is 7.84. The molecular weight excluding hydrogens is 538 g/mol. The fourth-order valence-corrected chi connectivity index (χ4v) is 6.29. The van der Waals surface area contributed by atoms with Crippen LogP contribution in [0.3, 0.4) is 0 Å². The second-order valence-electron chi connectivity index (χ2n) is 9.51. The molecule has 3 aromatic rings. The summed E-state index contributed by atoms with van der Waals surface area (Å²) in [5.41, 5.74) is 6.90. The lowest BCUT2D eigenvalue weighted by atomic mass is 10.1. The maximum Gasteiger partial charge on any atom is 0.341 e. The Morgan fingerprint density at radius 2 is 1.87 bits per heavy atom. The lowest BCUT2D eigenvalue weighted by Gasteiger charge is -2.13. The molecule has 1 aromatic carbocycles. The number of nitrogens with one attached hydrogen (secondary N) is 1. The highest BCUT2D eigenvalue weighted by molar-refractivity contribution is 7.99. The number of aromatic nitrogens is 3. The Morgan fingerprint density at radius 1 is 1.18 bits per heavy atom. The van der Waals surface area contributed by atoms with Gasteiger partial charge in [0.25, 0.3) is 5.91 Å². The second kappa shape index (κ2) is 12.6. The predicted molar refractivity (Wildman–Crippen MR) is 151 cm³/mol. The van der Waals surface area contributed by atoms with Gasteiger partial charge in [0.2, 0.25) is 5.91 Å². The molecule has 1 aliphatic carbocycles. The molecule has 0 unspecified atom stereocenters. The van der Waals surface area contributed by atoms with E-state index in [0.29, 0.717) is 29.2 Å². The minimum Gasteiger partial charge on any atom is -0.490 e. The minimum absolute atomic E-state index is 0.0216. The Balaban J connectivity index is 1.44. The first kappa shape index (κ1) is 28.6. The number of hydrogen-bond acceptors (Lipinski definition) is 9. The molecule has 1 fully saturated rings. The number of carbonyl (C=O) groups excluding carboxylic acids is 3. The van der Waals surface area contributed by atoms with E-state index in [1.165, 1.54) is 24.6 Å². The zero-order valence-electron chi connectivity index (χ0n) is 22.5. The molecule has 0 aliphatic heterocycles. The second-order valence-corrected chi connectivity index (χ2v) is 11.5. The van der Waals surface area contributed by atoms with Gasteiger partial charge in [-0.25, -0.2) is 4.79 Å². The third-order valence-electron chi connectivity index (χ3n) is 6.25. The van der Waals surface area contributed by atoms with Crippen molar-refractivity contribution < 1.29 is 23.9 Å². The summed E-state index contributed by atoms with van der Waals surface area (Å²) >= 11 is 2.19. The summed E-state index contributed by atoms with van der Waals surface area (Å²) in [5, 5.41) is 12.2. The molecule has 39 heavy (non-hydrogen) atoms. The van der Waals surface area contributed by atoms with Crippen LogP contribution in [0.5, 0.6) is 5.75 Å². The lowest BCUT2D eigenvalue weighted by Crippen LogP contribution is -2.18. The van der Waals surface area contributed by atoms with Crippen molar-refractivity contribution in [1.29, 1.82) is 0 Å². The molecule has 12 heteroatoms. The summed E-state index contributed by atoms with van der Waals surface area (Å²) in [7, 11) is 0. The molecule has 0 radical (unpaired) electrons. The van der Waals surface area contributed by atoms with Crippen LogP contribution >= 0.6 is 23.1 Å². The van der Waals surface area contributed by atoms with Crippen LogP contribution in [0.15, 0.2) is 29.4 Å². The maximum atomic E-state index is 12.9. The van der Waals surface area contributed by atoms with Crippen molar-refractivity contribution in [3.05, 3.63) is 40.3 Å². The molecule has 2 heterocycles. The fraction of sp³-hybridized carbons (Fsp3) is 0.444. The van der Waals surface area contributed by atoms with Crippen LogP contribution in [0.4, 0.5) is 5.00 Å². The van der Waals surface area contributed by atoms with E-state index in [4.69, 9.17) is 15.2 Å². The van der Waals surface area contributed by atoms with Gasteiger partial charge in [-0.1, -0.05) is 11.8 Å². The molecule has 1 saturated carbocycles. The Kier molecular flexibility index (Phi) is 9.28. The standard InChI is InChI=1S/C27H33N5O5S2/c1-5-32-24(17-10-12-19(13-11-17)37-18-8-6-7-9-18)30-31-27(32)38-14-20(33)29-25-21(26(35)36-15(2)3)16(4)22(39-25)23(28)34/h10-13,15,18H,5-9,14H2,1-4H3,(H2,28,34)(H,29,33). The van der Waals surface area contributed by atoms with E-state index < -0.39 is 11.9 Å². The number of ether oxygens (including phenoxy) is 2. The number of nitrogens with zero attached hydrogens (tertiary/aromatic N) is 3. The van der Waals surface area contributed by atoms with E-state index in [0.717, 1.165) is 35.5 Å². The molecule has 0 spiro atoms. The summed E-state index contributed by atoms with van der Waals surface area (Å²) in [4.78, 5) is 37.6. The topological polar surface area (TPSA) is 138 Å². The van der Waals surface area contributed by atoms with Crippen molar-refractivity contribution in [2.24, 2.45) is 5.73 Å². The average Bonchev–Trinajstić information content (AvgIpc) is 3.62. The molecule has 3 N–H and O–H groups in total. The van der Waals surface area contributed by atoms with Gasteiger partial charge in [-0.3, -0.25) is 9.59 Å². The predicted octanol–water partition coefficient (Wildman–Crippen LogP) is 5.05. The molecule has 208 valence electrons. The highest BCUT2D eigenvalue weighted by atomic mass is 32.2. The van der Waals surface area contributed by atoms with E-state index >= 15 is 0 Å². The number of hydrogen-bond donors (Lipinski definition) is 2. The van der Waals surface area contributed by atoms with Crippen molar-refractivity contribution in [3.63, 3.8) is 0 Å². The monoisotopic (exact) mass is 571 g/mol. The molecule has 10 nitrogen and oxygen atoms in total. The van der Waals surface area contributed by atoms with Crippen molar-refractivity contribution in [2.45, 2.75) is 77.3 Å². The highest BCUT2D eigenvalue weighted by Gasteiger charge is 2.27. The number of thioether (sulfide) groups is 1. The molecule has 1 aliphatic rings. The number of amides is 2. The SMILES string of the molecule is CCn1c(SCC(=O)Nc2sc(C(N)=O)c(C)c2C(=O)OC(C)C)nnc1-c1ccc(OC2CCCC2)cc1. The zero-order valence-corrected chi connectivity index (χ0v) is 24.1. The first-order chi connectivity index (χ1) is 18.7. The number of primary amides is 1. The number of rotatable bonds is 11. The van der Waals surface area contributed by atoms with Crippen LogP contribution < -0.4 is 15.8 Å². The zero-order chi connectivity index (χ0) is 28.1. The molecule has 0 saturated heterocycles. The van der Waals surface area contributed by atoms with Gasteiger partial charge in [0.1, 0.15) is 10.8 Å².